The maximum absolute atomic E-state index is 13.4. The molecule has 0 amide bonds. The number of methoxy groups -OCH3 is 1. The lowest BCUT2D eigenvalue weighted by atomic mass is 9.73. The normalized spacial score (nSPS) is 18.5. The van der Waals surface area contributed by atoms with Crippen LogP contribution in [-0.4, -0.2) is 27.7 Å². The molecule has 0 radical (unpaired) electrons. The SMILES string of the molecule is COc1cccc(C2C3=C(CC(C)(C)CC3=O)Nc3nc(SCc4cccc5ccccc45)nn32)c1. The highest BCUT2D eigenvalue weighted by molar-refractivity contribution is 7.98. The third kappa shape index (κ3) is 4.07. The summed E-state index contributed by atoms with van der Waals surface area (Å²) in [4.78, 5) is 18.3. The van der Waals surface area contributed by atoms with Gasteiger partial charge >= 0.3 is 0 Å². The van der Waals surface area contributed by atoms with Gasteiger partial charge in [-0.15, -0.1) is 5.10 Å². The summed E-state index contributed by atoms with van der Waals surface area (Å²) in [6.45, 7) is 4.28. The van der Waals surface area contributed by atoms with Gasteiger partial charge in [-0.2, -0.15) is 4.98 Å². The number of benzene rings is 3. The molecule has 4 aromatic rings. The van der Waals surface area contributed by atoms with Crippen LogP contribution in [0.1, 0.15) is 43.9 Å². The second-order valence-electron chi connectivity index (χ2n) is 10.2. The van der Waals surface area contributed by atoms with Crippen molar-refractivity contribution in [2.45, 2.75) is 43.6 Å². The van der Waals surface area contributed by atoms with Gasteiger partial charge in [-0.05, 0) is 45.9 Å². The summed E-state index contributed by atoms with van der Waals surface area (Å²) in [5, 5.41) is 11.5. The topological polar surface area (TPSA) is 69.0 Å². The molecule has 6 nitrogen and oxygen atoms in total. The number of allylic oxidation sites excluding steroid dienone is 2. The first-order chi connectivity index (χ1) is 17.4. The van der Waals surface area contributed by atoms with E-state index in [0.717, 1.165) is 34.8 Å². The number of thioether (sulfide) groups is 1. The zero-order valence-corrected chi connectivity index (χ0v) is 21.4. The molecule has 1 aliphatic carbocycles. The fourth-order valence-electron chi connectivity index (χ4n) is 5.33. The standard InChI is InChI=1S/C29H28N4O2S/c1-29(2)15-23-25(24(34)16-29)26(19-10-7-12-21(14-19)35-3)33-27(30-23)31-28(32-33)36-17-20-11-6-9-18-8-4-5-13-22(18)20/h4-14,26H,15-17H2,1-3H3,(H,30,31,32). The predicted octanol–water partition coefficient (Wildman–Crippen LogP) is 6.39. The van der Waals surface area contributed by atoms with Crippen LogP contribution in [-0.2, 0) is 10.5 Å². The Morgan fingerprint density at radius 3 is 2.75 bits per heavy atom. The van der Waals surface area contributed by atoms with Crippen molar-refractivity contribution in [3.63, 3.8) is 0 Å². The van der Waals surface area contributed by atoms with Crippen LogP contribution in [0.25, 0.3) is 10.8 Å². The summed E-state index contributed by atoms with van der Waals surface area (Å²) in [6, 6.07) is 22.4. The molecule has 1 N–H and O–H groups in total. The summed E-state index contributed by atoms with van der Waals surface area (Å²) in [7, 11) is 1.66. The number of hydrogen-bond acceptors (Lipinski definition) is 6. The zero-order valence-electron chi connectivity index (χ0n) is 20.6. The first-order valence-electron chi connectivity index (χ1n) is 12.1. The highest BCUT2D eigenvalue weighted by Crippen LogP contribution is 2.46. The van der Waals surface area contributed by atoms with E-state index in [-0.39, 0.29) is 17.2 Å². The van der Waals surface area contributed by atoms with Crippen molar-refractivity contribution < 1.29 is 9.53 Å². The van der Waals surface area contributed by atoms with Crippen LogP contribution in [0, 0.1) is 5.41 Å². The number of ketones is 1. The molecule has 0 saturated carbocycles. The van der Waals surface area contributed by atoms with E-state index in [4.69, 9.17) is 14.8 Å². The van der Waals surface area contributed by atoms with Gasteiger partial charge in [0.2, 0.25) is 11.1 Å². The smallest absolute Gasteiger partial charge is 0.227 e. The molecule has 2 aliphatic rings. The Balaban J connectivity index is 1.38. The van der Waals surface area contributed by atoms with E-state index in [1.54, 1.807) is 18.9 Å². The number of carbonyl (C=O) groups excluding carboxylic acids is 1. The minimum Gasteiger partial charge on any atom is -0.497 e. The molecule has 0 fully saturated rings. The molecule has 182 valence electrons. The third-order valence-electron chi connectivity index (χ3n) is 6.96. The Morgan fingerprint density at radius 1 is 1.08 bits per heavy atom. The first kappa shape index (κ1) is 22.9. The molecule has 6 rings (SSSR count). The second-order valence-corrected chi connectivity index (χ2v) is 11.2. The van der Waals surface area contributed by atoms with Crippen molar-refractivity contribution in [2.75, 3.05) is 12.4 Å². The van der Waals surface area contributed by atoms with E-state index >= 15 is 0 Å². The van der Waals surface area contributed by atoms with Crippen molar-refractivity contribution in [3.05, 3.63) is 89.1 Å². The fourth-order valence-corrected chi connectivity index (χ4v) is 6.16. The highest BCUT2D eigenvalue weighted by Gasteiger charge is 2.42. The van der Waals surface area contributed by atoms with E-state index in [1.807, 2.05) is 28.9 Å². The third-order valence-corrected chi connectivity index (χ3v) is 7.85. The summed E-state index contributed by atoms with van der Waals surface area (Å²) in [6.07, 6.45) is 1.31. The maximum atomic E-state index is 13.4. The molecule has 36 heavy (non-hydrogen) atoms. The molecule has 1 aromatic heterocycles. The number of rotatable bonds is 5. The van der Waals surface area contributed by atoms with Crippen molar-refractivity contribution in [1.29, 1.82) is 0 Å². The summed E-state index contributed by atoms with van der Waals surface area (Å²) in [5.41, 5.74) is 3.85. The van der Waals surface area contributed by atoms with Crippen LogP contribution < -0.4 is 10.1 Å². The Hall–Kier alpha value is -3.58. The monoisotopic (exact) mass is 496 g/mol. The van der Waals surface area contributed by atoms with Crippen LogP contribution in [0.4, 0.5) is 5.95 Å². The Bertz CT molecular complexity index is 1520. The van der Waals surface area contributed by atoms with E-state index in [9.17, 15) is 4.79 Å². The molecule has 0 spiro atoms. The van der Waals surface area contributed by atoms with Crippen LogP contribution in [0.5, 0.6) is 5.75 Å². The molecule has 1 aliphatic heterocycles. The molecular formula is C29H28N4O2S. The second kappa shape index (κ2) is 8.82. The lowest BCUT2D eigenvalue weighted by Gasteiger charge is -2.38. The quantitative estimate of drug-likeness (QED) is 0.323. The maximum Gasteiger partial charge on any atom is 0.227 e. The fraction of sp³-hybridized carbons (Fsp3) is 0.276. The lowest BCUT2D eigenvalue weighted by Crippen LogP contribution is -2.36. The molecule has 1 atom stereocenters. The number of carbonyl (C=O) groups is 1. The number of ether oxygens (including phenoxy) is 1. The molecule has 3 aromatic carbocycles. The number of fused-ring (bicyclic) bond motifs is 2. The number of anilines is 1. The zero-order chi connectivity index (χ0) is 24.9. The predicted molar refractivity (Wildman–Crippen MR) is 143 cm³/mol. The average molecular weight is 497 g/mol. The lowest BCUT2D eigenvalue weighted by molar-refractivity contribution is -0.118. The van der Waals surface area contributed by atoms with Crippen LogP contribution >= 0.6 is 11.8 Å². The minimum atomic E-state index is -0.339. The molecule has 0 bridgehead atoms. The Kier molecular flexibility index (Phi) is 5.60. The van der Waals surface area contributed by atoms with Gasteiger partial charge in [-0.1, -0.05) is 80.2 Å². The molecule has 1 unspecified atom stereocenters. The van der Waals surface area contributed by atoms with Crippen LogP contribution in [0.15, 0.2) is 83.2 Å². The van der Waals surface area contributed by atoms with Gasteiger partial charge in [0.1, 0.15) is 11.8 Å². The van der Waals surface area contributed by atoms with E-state index in [1.165, 1.54) is 16.3 Å². The van der Waals surface area contributed by atoms with Crippen molar-refractivity contribution in [3.8, 4) is 5.75 Å². The molecule has 0 saturated heterocycles. The first-order valence-corrected chi connectivity index (χ1v) is 13.1. The van der Waals surface area contributed by atoms with Crippen molar-refractivity contribution >= 4 is 34.3 Å². The van der Waals surface area contributed by atoms with Crippen LogP contribution in [0.2, 0.25) is 0 Å². The van der Waals surface area contributed by atoms with Gasteiger partial charge in [0.25, 0.3) is 0 Å². The minimum absolute atomic E-state index is 0.101. The van der Waals surface area contributed by atoms with Gasteiger partial charge in [-0.25, -0.2) is 4.68 Å². The van der Waals surface area contributed by atoms with Crippen molar-refractivity contribution in [1.82, 2.24) is 14.8 Å². The van der Waals surface area contributed by atoms with Crippen LogP contribution in [0.3, 0.4) is 0 Å². The summed E-state index contributed by atoms with van der Waals surface area (Å²) in [5.74, 6) is 2.34. The number of Topliss-reactive ketones (excluding diaryl/α,β-unsaturated/α-hetero) is 1. The van der Waals surface area contributed by atoms with Gasteiger partial charge in [-0.3, -0.25) is 4.79 Å². The number of aromatic nitrogens is 3. The number of nitrogens with zero attached hydrogens (tertiary/aromatic N) is 3. The average Bonchev–Trinajstić information content (AvgIpc) is 3.28. The Morgan fingerprint density at radius 2 is 1.89 bits per heavy atom. The largest absolute Gasteiger partial charge is 0.497 e. The van der Waals surface area contributed by atoms with E-state index in [2.05, 4.69) is 61.6 Å². The van der Waals surface area contributed by atoms with E-state index < -0.39 is 0 Å². The molecule has 2 heterocycles. The van der Waals surface area contributed by atoms with Gasteiger partial charge in [0.15, 0.2) is 5.78 Å². The number of hydrogen-bond donors (Lipinski definition) is 1. The molecular weight excluding hydrogens is 468 g/mol. The van der Waals surface area contributed by atoms with Crippen molar-refractivity contribution in [2.24, 2.45) is 5.41 Å². The van der Waals surface area contributed by atoms with Gasteiger partial charge in [0.05, 0.1) is 7.11 Å². The number of nitrogens with one attached hydrogen (secondary N) is 1. The summed E-state index contributed by atoms with van der Waals surface area (Å²) < 4.78 is 7.36. The van der Waals surface area contributed by atoms with Gasteiger partial charge < -0.3 is 10.1 Å². The van der Waals surface area contributed by atoms with Gasteiger partial charge in [0, 0.05) is 23.4 Å². The highest BCUT2D eigenvalue weighted by atomic mass is 32.2. The van der Waals surface area contributed by atoms with E-state index in [0.29, 0.717) is 17.5 Å². The molecule has 7 heteroatoms. The summed E-state index contributed by atoms with van der Waals surface area (Å²) >= 11 is 1.61. The Labute approximate surface area is 214 Å².